The minimum absolute atomic E-state index is 0.00726. The van der Waals surface area contributed by atoms with E-state index in [-0.39, 0.29) is 24.3 Å². The van der Waals surface area contributed by atoms with E-state index in [1.807, 2.05) is 64.4 Å². The second-order valence-electron chi connectivity index (χ2n) is 10.3. The van der Waals surface area contributed by atoms with Crippen LogP contribution in [0.3, 0.4) is 0 Å². The van der Waals surface area contributed by atoms with Crippen LogP contribution >= 0.6 is 0 Å². The van der Waals surface area contributed by atoms with Gasteiger partial charge in [0.05, 0.1) is 20.2 Å². The van der Waals surface area contributed by atoms with Crippen molar-refractivity contribution in [2.24, 2.45) is 5.92 Å². The Morgan fingerprint density at radius 2 is 1.71 bits per heavy atom. The van der Waals surface area contributed by atoms with Gasteiger partial charge in [-0.05, 0) is 54.7 Å². The minimum atomic E-state index is -0.00726. The highest BCUT2D eigenvalue weighted by Crippen LogP contribution is 2.28. The van der Waals surface area contributed by atoms with Gasteiger partial charge in [0.15, 0.2) is 0 Å². The highest BCUT2D eigenvalue weighted by molar-refractivity contribution is 5.86. The lowest BCUT2D eigenvalue weighted by atomic mass is 9.84. The van der Waals surface area contributed by atoms with Crippen molar-refractivity contribution in [1.29, 1.82) is 0 Å². The molecule has 4 rings (SSSR count). The molecule has 1 fully saturated rings. The van der Waals surface area contributed by atoms with E-state index in [1.165, 1.54) is 0 Å². The van der Waals surface area contributed by atoms with Crippen LogP contribution in [0.15, 0.2) is 72.9 Å². The first kappa shape index (κ1) is 27.5. The highest BCUT2D eigenvalue weighted by Gasteiger charge is 2.31. The topological polar surface area (TPSA) is 54.8 Å². The van der Waals surface area contributed by atoms with Gasteiger partial charge in [0.2, 0.25) is 11.8 Å². The Balaban J connectivity index is 1.52. The molecule has 1 heterocycles. The third-order valence-corrected chi connectivity index (χ3v) is 7.46. The molecule has 2 amide bonds. The summed E-state index contributed by atoms with van der Waals surface area (Å²) in [4.78, 5) is 30.7. The Kier molecular flexibility index (Phi) is 10.0. The Morgan fingerprint density at radius 1 is 0.921 bits per heavy atom. The molecule has 1 saturated carbocycles. The molecule has 2 aromatic carbocycles. The largest absolute Gasteiger partial charge is 0.497 e. The summed E-state index contributed by atoms with van der Waals surface area (Å²) < 4.78 is 7.57. The summed E-state index contributed by atoms with van der Waals surface area (Å²) >= 11 is 0. The van der Waals surface area contributed by atoms with Crippen molar-refractivity contribution in [3.63, 3.8) is 0 Å². The summed E-state index contributed by atoms with van der Waals surface area (Å²) in [5, 5.41) is 0. The molecule has 1 aromatic heterocycles. The Hall–Kier alpha value is -3.54. The van der Waals surface area contributed by atoms with Gasteiger partial charge >= 0.3 is 0 Å². The number of methoxy groups -OCH3 is 1. The number of hydrogen-bond acceptors (Lipinski definition) is 3. The molecule has 0 atom stereocenters. The van der Waals surface area contributed by atoms with Crippen LogP contribution in [0.25, 0.3) is 0 Å². The number of aromatic nitrogens is 1. The quantitative estimate of drug-likeness (QED) is 0.252. The van der Waals surface area contributed by atoms with Crippen molar-refractivity contribution in [1.82, 2.24) is 14.4 Å². The zero-order chi connectivity index (χ0) is 26.7. The summed E-state index contributed by atoms with van der Waals surface area (Å²) in [6, 6.07) is 22.2. The molecule has 0 saturated heterocycles. The number of nitrogens with zero attached hydrogens (tertiary/aromatic N) is 3. The molecule has 0 spiro atoms. The molecule has 0 N–H and O–H groups in total. The maximum atomic E-state index is 13.8. The number of ether oxygens (including phenoxy) is 1. The summed E-state index contributed by atoms with van der Waals surface area (Å²) in [5.74, 6) is 1.07. The van der Waals surface area contributed by atoms with Crippen molar-refractivity contribution in [2.45, 2.75) is 65.1 Å². The molecule has 202 valence electrons. The standard InChI is InChI=1S/C32H41N3O3/c1-3-4-8-19-34(32(37)28-15-10-16-28)25-31(36)35(22-26-12-6-5-7-13-26)24-29-17-11-20-33(29)23-27-14-9-18-30(21-27)38-2/h5-7,9,11-14,17-18,20-21,28H,3-4,8,10,15-16,19,22-25H2,1-2H3. The maximum absolute atomic E-state index is 13.8. The molecule has 3 aromatic rings. The van der Waals surface area contributed by atoms with E-state index in [4.69, 9.17) is 4.74 Å². The molecule has 38 heavy (non-hydrogen) atoms. The van der Waals surface area contributed by atoms with Crippen LogP contribution in [0.4, 0.5) is 0 Å². The van der Waals surface area contributed by atoms with Crippen LogP contribution in [-0.4, -0.2) is 46.4 Å². The van der Waals surface area contributed by atoms with Gasteiger partial charge < -0.3 is 19.1 Å². The molecular weight excluding hydrogens is 474 g/mol. The summed E-state index contributed by atoms with van der Waals surface area (Å²) in [7, 11) is 1.68. The van der Waals surface area contributed by atoms with Crippen LogP contribution in [-0.2, 0) is 29.2 Å². The summed E-state index contributed by atoms with van der Waals surface area (Å²) in [5.41, 5.74) is 3.27. The smallest absolute Gasteiger partial charge is 0.242 e. The van der Waals surface area contributed by atoms with Gasteiger partial charge in [-0.25, -0.2) is 0 Å². The predicted molar refractivity (Wildman–Crippen MR) is 151 cm³/mol. The Morgan fingerprint density at radius 3 is 2.42 bits per heavy atom. The normalized spacial score (nSPS) is 13.1. The van der Waals surface area contributed by atoms with E-state index in [9.17, 15) is 9.59 Å². The Labute approximate surface area is 227 Å². The molecule has 1 aliphatic rings. The highest BCUT2D eigenvalue weighted by atomic mass is 16.5. The van der Waals surface area contributed by atoms with E-state index >= 15 is 0 Å². The lowest BCUT2D eigenvalue weighted by molar-refractivity contribution is -0.145. The van der Waals surface area contributed by atoms with Crippen LogP contribution in [0.1, 0.15) is 62.3 Å². The van der Waals surface area contributed by atoms with Gasteiger partial charge in [0.1, 0.15) is 5.75 Å². The average molecular weight is 516 g/mol. The first-order valence-corrected chi connectivity index (χ1v) is 13.9. The van der Waals surface area contributed by atoms with Crippen molar-refractivity contribution in [2.75, 3.05) is 20.2 Å². The second-order valence-corrected chi connectivity index (χ2v) is 10.3. The number of rotatable bonds is 14. The summed E-state index contributed by atoms with van der Waals surface area (Å²) in [6.45, 7) is 4.63. The van der Waals surface area contributed by atoms with Crippen molar-refractivity contribution < 1.29 is 14.3 Å². The third-order valence-electron chi connectivity index (χ3n) is 7.46. The van der Waals surface area contributed by atoms with E-state index in [0.29, 0.717) is 26.2 Å². The molecule has 0 unspecified atom stereocenters. The van der Waals surface area contributed by atoms with Crippen molar-refractivity contribution in [3.8, 4) is 5.75 Å². The van der Waals surface area contributed by atoms with Crippen LogP contribution in [0, 0.1) is 5.92 Å². The lowest BCUT2D eigenvalue weighted by Gasteiger charge is -2.33. The molecular formula is C32H41N3O3. The first-order chi connectivity index (χ1) is 18.6. The monoisotopic (exact) mass is 515 g/mol. The van der Waals surface area contributed by atoms with Crippen molar-refractivity contribution >= 4 is 11.8 Å². The predicted octanol–water partition coefficient (Wildman–Crippen LogP) is 5.89. The molecule has 0 bridgehead atoms. The van der Waals surface area contributed by atoms with E-state index < -0.39 is 0 Å². The zero-order valence-electron chi connectivity index (χ0n) is 22.9. The number of benzene rings is 2. The molecule has 1 aliphatic carbocycles. The van der Waals surface area contributed by atoms with Gasteiger partial charge in [-0.3, -0.25) is 9.59 Å². The minimum Gasteiger partial charge on any atom is -0.497 e. The van der Waals surface area contributed by atoms with Gasteiger partial charge in [-0.15, -0.1) is 0 Å². The zero-order valence-corrected chi connectivity index (χ0v) is 22.9. The Bertz CT molecular complexity index is 1170. The average Bonchev–Trinajstić information content (AvgIpc) is 3.33. The van der Waals surface area contributed by atoms with E-state index in [2.05, 4.69) is 29.8 Å². The fraction of sp³-hybridized carbons (Fsp3) is 0.438. The molecule has 6 nitrogen and oxygen atoms in total. The first-order valence-electron chi connectivity index (χ1n) is 13.9. The molecule has 0 radical (unpaired) electrons. The second kappa shape index (κ2) is 13.8. The van der Waals surface area contributed by atoms with Crippen LogP contribution in [0.5, 0.6) is 5.75 Å². The fourth-order valence-electron chi connectivity index (χ4n) is 4.94. The number of carbonyl (C=O) groups is 2. The lowest BCUT2D eigenvalue weighted by Crippen LogP contribution is -2.46. The van der Waals surface area contributed by atoms with Gasteiger partial charge in [-0.2, -0.15) is 0 Å². The number of carbonyl (C=O) groups excluding carboxylic acids is 2. The third kappa shape index (κ3) is 7.50. The van der Waals surface area contributed by atoms with E-state index in [0.717, 1.165) is 61.1 Å². The number of amides is 2. The number of hydrogen-bond donors (Lipinski definition) is 0. The van der Waals surface area contributed by atoms with Crippen LogP contribution in [0.2, 0.25) is 0 Å². The molecule has 6 heteroatoms. The maximum Gasteiger partial charge on any atom is 0.242 e. The molecule has 0 aliphatic heterocycles. The van der Waals surface area contributed by atoms with Gasteiger partial charge in [0.25, 0.3) is 0 Å². The summed E-state index contributed by atoms with van der Waals surface area (Å²) in [6.07, 6.45) is 8.14. The SMILES string of the molecule is CCCCCN(CC(=O)N(Cc1ccccc1)Cc1cccn1Cc1cccc(OC)c1)C(=O)C1CCC1. The van der Waals surface area contributed by atoms with Gasteiger partial charge in [-0.1, -0.05) is 68.7 Å². The fourth-order valence-corrected chi connectivity index (χ4v) is 4.94. The van der Waals surface area contributed by atoms with Crippen molar-refractivity contribution in [3.05, 3.63) is 89.7 Å². The van der Waals surface area contributed by atoms with E-state index in [1.54, 1.807) is 7.11 Å². The van der Waals surface area contributed by atoms with Gasteiger partial charge in [0, 0.05) is 37.4 Å². The number of unbranched alkanes of at least 4 members (excludes halogenated alkanes) is 2. The van der Waals surface area contributed by atoms with Crippen LogP contribution < -0.4 is 4.74 Å².